The van der Waals surface area contributed by atoms with E-state index in [1.165, 1.54) is 32.6 Å². The Morgan fingerprint density at radius 2 is 1.53 bits per heavy atom. The zero-order valence-electron chi connectivity index (χ0n) is 10.8. The fourth-order valence-corrected chi connectivity index (χ4v) is 5.09. The molecule has 0 spiro atoms. The van der Waals surface area contributed by atoms with Gasteiger partial charge in [0.2, 0.25) is 0 Å². The van der Waals surface area contributed by atoms with Gasteiger partial charge in [0.15, 0.2) is 0 Å². The number of hydrogen-bond acceptors (Lipinski definition) is 2. The second-order valence-corrected chi connectivity index (χ2v) is 7.66. The molecule has 2 nitrogen and oxygen atoms in total. The Labute approximate surface area is 105 Å². The van der Waals surface area contributed by atoms with Gasteiger partial charge in [-0.3, -0.25) is 4.79 Å². The second-order valence-electron chi connectivity index (χ2n) is 3.38. The second kappa shape index (κ2) is 16.7. The van der Waals surface area contributed by atoms with Gasteiger partial charge in [0.25, 0.3) is 0 Å². The van der Waals surface area contributed by atoms with Crippen molar-refractivity contribution in [3.8, 4) is 0 Å². The quantitative estimate of drug-likeness (QED) is 0.406. The van der Waals surface area contributed by atoms with Gasteiger partial charge in [0.05, 0.1) is 6.61 Å². The number of rotatable bonds is 7. The smallest absolute Gasteiger partial charge is 0.302 e. The van der Waals surface area contributed by atoms with Crippen LogP contribution in [-0.4, -0.2) is 33.7 Å². The van der Waals surface area contributed by atoms with E-state index in [4.69, 9.17) is 0 Å². The Kier molecular flexibility index (Phi) is 19.6. The van der Waals surface area contributed by atoms with Crippen molar-refractivity contribution in [2.24, 2.45) is 0 Å². The summed E-state index contributed by atoms with van der Waals surface area (Å²) in [6.45, 7) is 8.23. The van der Waals surface area contributed by atoms with Crippen molar-refractivity contribution in [3.05, 3.63) is 0 Å². The average Bonchev–Trinajstić information content (AvgIpc) is 2.18. The van der Waals surface area contributed by atoms with Crippen LogP contribution >= 0.6 is 0 Å². The van der Waals surface area contributed by atoms with Gasteiger partial charge in [-0.1, -0.05) is 0 Å². The van der Waals surface area contributed by atoms with Crippen LogP contribution in [-0.2, 0) is 9.53 Å². The van der Waals surface area contributed by atoms with Crippen molar-refractivity contribution in [2.75, 3.05) is 6.61 Å². The molecule has 0 N–H and O–H groups in total. The van der Waals surface area contributed by atoms with Crippen molar-refractivity contribution in [3.63, 3.8) is 0 Å². The first-order valence-electron chi connectivity index (χ1n) is 6.03. The molecule has 0 saturated carbocycles. The maximum Gasteiger partial charge on any atom is 0.302 e. The number of carbonyl (C=O) groups is 1. The van der Waals surface area contributed by atoms with Crippen LogP contribution in [0.2, 0.25) is 8.87 Å². The molecule has 0 aromatic heterocycles. The number of hydrogen-bond donors (Lipinski definition) is 0. The number of carbonyl (C=O) groups excluding carboxylic acids is 1. The molecular formula is C12H26O2Sn. The third kappa shape index (κ3) is 25.0. The molecule has 0 saturated heterocycles. The summed E-state index contributed by atoms with van der Waals surface area (Å²) in [5.41, 5.74) is 0. The summed E-state index contributed by atoms with van der Waals surface area (Å²) in [6, 6.07) is 0. The van der Waals surface area contributed by atoms with E-state index in [9.17, 15) is 4.79 Å². The van der Waals surface area contributed by atoms with E-state index < -0.39 is 0 Å². The van der Waals surface area contributed by atoms with Gasteiger partial charge < -0.3 is 4.74 Å². The van der Waals surface area contributed by atoms with Crippen LogP contribution in [0.15, 0.2) is 0 Å². The van der Waals surface area contributed by atoms with Gasteiger partial charge in [-0.25, -0.2) is 0 Å². The van der Waals surface area contributed by atoms with E-state index in [-0.39, 0.29) is 27.1 Å². The van der Waals surface area contributed by atoms with Crippen molar-refractivity contribution in [1.82, 2.24) is 0 Å². The van der Waals surface area contributed by atoms with E-state index in [0.717, 1.165) is 0 Å². The van der Waals surface area contributed by atoms with Gasteiger partial charge in [0, 0.05) is 6.92 Å². The monoisotopic (exact) mass is 322 g/mol. The first-order chi connectivity index (χ1) is 7.18. The Morgan fingerprint density at radius 3 is 1.73 bits per heavy atom. The summed E-state index contributed by atoms with van der Waals surface area (Å²) in [5, 5.41) is 0. The van der Waals surface area contributed by atoms with E-state index in [1.54, 1.807) is 15.8 Å². The minimum absolute atomic E-state index is 0.149. The fourth-order valence-electron chi connectivity index (χ4n) is 0.932. The molecule has 0 rings (SSSR count). The zero-order valence-corrected chi connectivity index (χ0v) is 13.6. The summed E-state index contributed by atoms with van der Waals surface area (Å²) in [5.74, 6) is -0.211. The summed E-state index contributed by atoms with van der Waals surface area (Å²) >= 11 is 0.149. The standard InChI is InChI=1S/C4H8O2.2C4H9.Sn/c1-3-6-4(2)5;2*1-3-4-2;/h3H2,1-2H3;2*1,3-4H2,2H3;. The van der Waals surface area contributed by atoms with Gasteiger partial charge >= 0.3 is 75.5 Å². The van der Waals surface area contributed by atoms with E-state index in [1.807, 2.05) is 0 Å². The van der Waals surface area contributed by atoms with Crippen LogP contribution in [0.5, 0.6) is 0 Å². The molecule has 3 heteroatoms. The molecule has 0 amide bonds. The van der Waals surface area contributed by atoms with Gasteiger partial charge in [-0.05, 0) is 6.92 Å². The fraction of sp³-hybridized carbons (Fsp3) is 0.917. The Hall–Kier alpha value is 0.269. The molecule has 15 heavy (non-hydrogen) atoms. The molecule has 0 bridgehead atoms. The third-order valence-electron chi connectivity index (χ3n) is 1.76. The average molecular weight is 321 g/mol. The zero-order chi connectivity index (χ0) is 11.9. The minimum Gasteiger partial charge on any atom is -0.466 e. The van der Waals surface area contributed by atoms with E-state index >= 15 is 0 Å². The van der Waals surface area contributed by atoms with Gasteiger partial charge in [-0.15, -0.1) is 0 Å². The molecule has 0 atom stereocenters. The van der Waals surface area contributed by atoms with Crippen molar-refractivity contribution < 1.29 is 9.53 Å². The van der Waals surface area contributed by atoms with Gasteiger partial charge in [0.1, 0.15) is 0 Å². The SMILES string of the molecule is CCC[CH2][Sn][CH2]CCC.CCOC(C)=O. The molecule has 0 aromatic carbocycles. The first-order valence-corrected chi connectivity index (χ1v) is 10.1. The number of unbranched alkanes of at least 4 members (excludes halogenated alkanes) is 2. The van der Waals surface area contributed by atoms with Crippen molar-refractivity contribution in [1.29, 1.82) is 0 Å². The third-order valence-corrected chi connectivity index (χ3v) is 5.80. The molecule has 0 aliphatic carbocycles. The Morgan fingerprint density at radius 1 is 1.07 bits per heavy atom. The minimum atomic E-state index is -0.211. The number of ether oxygens (including phenoxy) is 1. The molecule has 2 radical (unpaired) electrons. The molecule has 0 heterocycles. The molecular weight excluding hydrogens is 295 g/mol. The summed E-state index contributed by atoms with van der Waals surface area (Å²) in [4.78, 5) is 9.82. The Bertz CT molecular complexity index is 121. The molecule has 0 unspecified atom stereocenters. The van der Waals surface area contributed by atoms with Crippen LogP contribution < -0.4 is 0 Å². The Balaban J connectivity index is 0. The summed E-state index contributed by atoms with van der Waals surface area (Å²) in [6.07, 6.45) is 5.84. The van der Waals surface area contributed by atoms with Crippen LogP contribution in [0.1, 0.15) is 53.4 Å². The van der Waals surface area contributed by atoms with Crippen LogP contribution in [0, 0.1) is 0 Å². The van der Waals surface area contributed by atoms with Crippen molar-refractivity contribution in [2.45, 2.75) is 62.3 Å². The molecule has 90 valence electrons. The van der Waals surface area contributed by atoms with Crippen LogP contribution in [0.3, 0.4) is 0 Å². The maximum atomic E-state index is 9.82. The largest absolute Gasteiger partial charge is 0.466 e. The van der Waals surface area contributed by atoms with Crippen LogP contribution in [0.25, 0.3) is 0 Å². The predicted octanol–water partition coefficient (Wildman–Crippen LogP) is 3.70. The van der Waals surface area contributed by atoms with E-state index in [2.05, 4.69) is 18.6 Å². The summed E-state index contributed by atoms with van der Waals surface area (Å²) < 4.78 is 7.65. The summed E-state index contributed by atoms with van der Waals surface area (Å²) in [7, 11) is 0. The molecule has 0 aromatic rings. The number of esters is 1. The maximum absolute atomic E-state index is 9.82. The first kappa shape index (κ1) is 17.7. The van der Waals surface area contributed by atoms with E-state index in [0.29, 0.717) is 6.61 Å². The predicted molar refractivity (Wildman–Crippen MR) is 67.5 cm³/mol. The van der Waals surface area contributed by atoms with Crippen molar-refractivity contribution >= 4 is 27.1 Å². The topological polar surface area (TPSA) is 26.3 Å². The van der Waals surface area contributed by atoms with Crippen LogP contribution in [0.4, 0.5) is 0 Å². The normalized spacial score (nSPS) is 9.07. The molecule has 0 aliphatic rings. The molecule has 0 aliphatic heterocycles. The van der Waals surface area contributed by atoms with Gasteiger partial charge in [-0.2, -0.15) is 0 Å². The molecule has 0 fully saturated rings.